The second-order valence-electron chi connectivity index (χ2n) is 3.89. The van der Waals surface area contributed by atoms with Crippen LogP contribution in [0.3, 0.4) is 0 Å². The highest BCUT2D eigenvalue weighted by atomic mass is 79.9. The number of hydrogen-bond acceptors (Lipinski definition) is 2. The molecule has 0 spiro atoms. The molecule has 1 unspecified atom stereocenters. The Hall–Kier alpha value is -0.740. The van der Waals surface area contributed by atoms with Gasteiger partial charge in [0.25, 0.3) is 5.91 Å². The van der Waals surface area contributed by atoms with Crippen molar-refractivity contribution >= 4 is 33.4 Å². The predicted octanol–water partition coefficient (Wildman–Crippen LogP) is 3.40. The zero-order valence-electron chi connectivity index (χ0n) is 10.3. The standard InChI is InChI=1S/C13H17BrClNO2/c1-2-11(7-8-14)16-13(17)9-18-12-5-3-10(15)4-6-12/h3-6,11H,2,7-9H2,1H3,(H,16,17). The molecule has 0 fully saturated rings. The molecule has 1 amide bonds. The Balaban J connectivity index is 2.34. The zero-order chi connectivity index (χ0) is 13.4. The minimum Gasteiger partial charge on any atom is -0.484 e. The molecule has 0 bridgehead atoms. The number of alkyl halides is 1. The van der Waals surface area contributed by atoms with E-state index < -0.39 is 0 Å². The van der Waals surface area contributed by atoms with Crippen LogP contribution in [-0.4, -0.2) is 23.9 Å². The zero-order valence-corrected chi connectivity index (χ0v) is 12.6. The highest BCUT2D eigenvalue weighted by molar-refractivity contribution is 9.09. The molecule has 1 N–H and O–H groups in total. The van der Waals surface area contributed by atoms with Gasteiger partial charge < -0.3 is 10.1 Å². The van der Waals surface area contributed by atoms with Crippen molar-refractivity contribution < 1.29 is 9.53 Å². The maximum absolute atomic E-state index is 11.6. The van der Waals surface area contributed by atoms with E-state index in [1.54, 1.807) is 24.3 Å². The Morgan fingerprint density at radius 3 is 2.67 bits per heavy atom. The summed E-state index contributed by atoms with van der Waals surface area (Å²) in [5, 5.41) is 4.46. The molecule has 3 nitrogen and oxygen atoms in total. The fraction of sp³-hybridized carbons (Fsp3) is 0.462. The number of amides is 1. The summed E-state index contributed by atoms with van der Waals surface area (Å²) in [6.45, 7) is 2.08. The Bertz CT molecular complexity index is 370. The first-order valence-electron chi connectivity index (χ1n) is 5.89. The highest BCUT2D eigenvalue weighted by Crippen LogP contribution is 2.15. The van der Waals surface area contributed by atoms with Crippen molar-refractivity contribution in [3.05, 3.63) is 29.3 Å². The van der Waals surface area contributed by atoms with E-state index in [4.69, 9.17) is 16.3 Å². The molecule has 0 saturated heterocycles. The number of carbonyl (C=O) groups excluding carboxylic acids is 1. The third kappa shape index (κ3) is 5.74. The van der Waals surface area contributed by atoms with Crippen molar-refractivity contribution in [3.8, 4) is 5.75 Å². The topological polar surface area (TPSA) is 38.3 Å². The molecule has 0 aliphatic carbocycles. The van der Waals surface area contributed by atoms with Crippen LogP contribution < -0.4 is 10.1 Å². The summed E-state index contributed by atoms with van der Waals surface area (Å²) in [6.07, 6.45) is 1.83. The summed E-state index contributed by atoms with van der Waals surface area (Å²) in [7, 11) is 0. The molecule has 1 aromatic rings. The number of ether oxygens (including phenoxy) is 1. The molecule has 1 aromatic carbocycles. The molecular formula is C13H17BrClNO2. The average Bonchev–Trinajstić information content (AvgIpc) is 2.37. The largest absolute Gasteiger partial charge is 0.484 e. The van der Waals surface area contributed by atoms with Crippen LogP contribution in [-0.2, 0) is 4.79 Å². The third-order valence-corrected chi connectivity index (χ3v) is 3.21. The molecule has 0 aliphatic rings. The van der Waals surface area contributed by atoms with Crippen LogP contribution in [0.25, 0.3) is 0 Å². The van der Waals surface area contributed by atoms with Gasteiger partial charge in [-0.05, 0) is 37.1 Å². The number of nitrogens with one attached hydrogen (secondary N) is 1. The van der Waals surface area contributed by atoms with Gasteiger partial charge in [0.2, 0.25) is 0 Å². The van der Waals surface area contributed by atoms with E-state index in [0.29, 0.717) is 10.8 Å². The summed E-state index contributed by atoms with van der Waals surface area (Å²) < 4.78 is 5.36. The first-order valence-corrected chi connectivity index (χ1v) is 7.39. The second kappa shape index (κ2) is 8.38. The molecule has 0 heterocycles. The molecule has 1 rings (SSSR count). The highest BCUT2D eigenvalue weighted by Gasteiger charge is 2.10. The number of hydrogen-bond donors (Lipinski definition) is 1. The van der Waals surface area contributed by atoms with Gasteiger partial charge in [-0.1, -0.05) is 34.5 Å². The van der Waals surface area contributed by atoms with Gasteiger partial charge in [-0.15, -0.1) is 0 Å². The monoisotopic (exact) mass is 333 g/mol. The average molecular weight is 335 g/mol. The molecule has 0 radical (unpaired) electrons. The Morgan fingerprint density at radius 2 is 2.11 bits per heavy atom. The number of benzene rings is 1. The van der Waals surface area contributed by atoms with Crippen molar-refractivity contribution in [2.75, 3.05) is 11.9 Å². The van der Waals surface area contributed by atoms with Gasteiger partial charge in [-0.3, -0.25) is 4.79 Å². The maximum Gasteiger partial charge on any atom is 0.258 e. The fourth-order valence-corrected chi connectivity index (χ4v) is 2.14. The predicted molar refractivity (Wildman–Crippen MR) is 77.6 cm³/mol. The van der Waals surface area contributed by atoms with Crippen LogP contribution in [0.4, 0.5) is 0 Å². The summed E-state index contributed by atoms with van der Waals surface area (Å²) in [5.41, 5.74) is 0. The third-order valence-electron chi connectivity index (χ3n) is 2.50. The van der Waals surface area contributed by atoms with Crippen LogP contribution in [0.1, 0.15) is 19.8 Å². The van der Waals surface area contributed by atoms with E-state index in [2.05, 4.69) is 21.2 Å². The minimum atomic E-state index is -0.0993. The molecule has 100 valence electrons. The number of rotatable bonds is 7. The summed E-state index contributed by atoms with van der Waals surface area (Å²) in [4.78, 5) is 11.6. The first-order chi connectivity index (χ1) is 8.65. The molecule has 0 saturated carbocycles. The van der Waals surface area contributed by atoms with Crippen LogP contribution in [0.2, 0.25) is 5.02 Å². The second-order valence-corrected chi connectivity index (χ2v) is 5.12. The summed E-state index contributed by atoms with van der Waals surface area (Å²) in [5.74, 6) is 0.542. The number of halogens is 2. The minimum absolute atomic E-state index is 0.0282. The Labute approximate surface area is 121 Å². The first kappa shape index (κ1) is 15.3. The van der Waals surface area contributed by atoms with Crippen LogP contribution >= 0.6 is 27.5 Å². The lowest BCUT2D eigenvalue weighted by atomic mass is 10.2. The van der Waals surface area contributed by atoms with Gasteiger partial charge in [0.1, 0.15) is 5.75 Å². The van der Waals surface area contributed by atoms with Crippen LogP contribution in [0.5, 0.6) is 5.75 Å². The van der Waals surface area contributed by atoms with Crippen molar-refractivity contribution in [1.82, 2.24) is 5.32 Å². The lowest BCUT2D eigenvalue weighted by Crippen LogP contribution is -2.37. The van der Waals surface area contributed by atoms with Crippen molar-refractivity contribution in [2.24, 2.45) is 0 Å². The van der Waals surface area contributed by atoms with E-state index in [1.807, 2.05) is 6.92 Å². The number of carbonyl (C=O) groups is 1. The molecule has 0 aromatic heterocycles. The quantitative estimate of drug-likeness (QED) is 0.776. The fourth-order valence-electron chi connectivity index (χ4n) is 1.46. The van der Waals surface area contributed by atoms with Crippen LogP contribution in [0.15, 0.2) is 24.3 Å². The van der Waals surface area contributed by atoms with Gasteiger partial charge >= 0.3 is 0 Å². The smallest absolute Gasteiger partial charge is 0.258 e. The van der Waals surface area contributed by atoms with E-state index in [0.717, 1.165) is 18.2 Å². The van der Waals surface area contributed by atoms with Gasteiger partial charge in [0, 0.05) is 16.4 Å². The lowest BCUT2D eigenvalue weighted by molar-refractivity contribution is -0.123. The Morgan fingerprint density at radius 1 is 1.44 bits per heavy atom. The molecule has 5 heteroatoms. The van der Waals surface area contributed by atoms with Crippen LogP contribution in [0, 0.1) is 0 Å². The molecule has 1 atom stereocenters. The molecule has 0 aliphatic heterocycles. The van der Waals surface area contributed by atoms with Crippen molar-refractivity contribution in [3.63, 3.8) is 0 Å². The van der Waals surface area contributed by atoms with E-state index in [9.17, 15) is 4.79 Å². The van der Waals surface area contributed by atoms with E-state index >= 15 is 0 Å². The Kier molecular flexibility index (Phi) is 7.13. The summed E-state index contributed by atoms with van der Waals surface area (Å²) >= 11 is 9.13. The molecular weight excluding hydrogens is 318 g/mol. The van der Waals surface area contributed by atoms with Gasteiger partial charge in [0.15, 0.2) is 6.61 Å². The van der Waals surface area contributed by atoms with Gasteiger partial charge in [0.05, 0.1) is 0 Å². The van der Waals surface area contributed by atoms with Crippen molar-refractivity contribution in [1.29, 1.82) is 0 Å². The SMILES string of the molecule is CCC(CCBr)NC(=O)COc1ccc(Cl)cc1. The molecule has 18 heavy (non-hydrogen) atoms. The van der Waals surface area contributed by atoms with E-state index in [1.165, 1.54) is 0 Å². The maximum atomic E-state index is 11.6. The van der Waals surface area contributed by atoms with Gasteiger partial charge in [-0.2, -0.15) is 0 Å². The summed E-state index contributed by atoms with van der Waals surface area (Å²) in [6, 6.07) is 7.14. The van der Waals surface area contributed by atoms with Gasteiger partial charge in [-0.25, -0.2) is 0 Å². The lowest BCUT2D eigenvalue weighted by Gasteiger charge is -2.15. The van der Waals surface area contributed by atoms with Crippen molar-refractivity contribution in [2.45, 2.75) is 25.8 Å². The normalized spacial score (nSPS) is 11.9. The van der Waals surface area contributed by atoms with E-state index in [-0.39, 0.29) is 18.6 Å².